The van der Waals surface area contributed by atoms with Gasteiger partial charge in [-0.15, -0.1) is 0 Å². The molecule has 0 aliphatic rings. The van der Waals surface area contributed by atoms with Crippen molar-refractivity contribution in [2.45, 2.75) is 12.7 Å². The molecule has 5 heteroatoms. The summed E-state index contributed by atoms with van der Waals surface area (Å²) in [5.41, 5.74) is 0. The summed E-state index contributed by atoms with van der Waals surface area (Å²) >= 11 is 1.90. The number of rotatable bonds is 3. The summed E-state index contributed by atoms with van der Waals surface area (Å²) < 4.78 is 2.06. The number of hydrogen-bond donors (Lipinski definition) is 0. The van der Waals surface area contributed by atoms with E-state index in [4.69, 9.17) is 0 Å². The van der Waals surface area contributed by atoms with Gasteiger partial charge in [0.1, 0.15) is 5.82 Å². The second kappa shape index (κ2) is 8.15. The third-order valence-corrected chi connectivity index (χ3v) is 2.23. The molecule has 0 amide bonds. The molecule has 0 aliphatic heterocycles. The molecule has 1 rings (SSSR count). The SMILES string of the molecule is CCSCc1nccn1C.[Cl-].[Pt+2]. The van der Waals surface area contributed by atoms with E-state index in [1.54, 1.807) is 0 Å². The van der Waals surface area contributed by atoms with Crippen molar-refractivity contribution in [3.05, 3.63) is 18.2 Å². The van der Waals surface area contributed by atoms with E-state index in [1.165, 1.54) is 0 Å². The van der Waals surface area contributed by atoms with Crippen LogP contribution in [0.2, 0.25) is 0 Å². The summed E-state index contributed by atoms with van der Waals surface area (Å²) in [5.74, 6) is 3.35. The van der Waals surface area contributed by atoms with Crippen molar-refractivity contribution >= 4 is 11.8 Å². The Morgan fingerprint density at radius 1 is 1.58 bits per heavy atom. The van der Waals surface area contributed by atoms with Gasteiger partial charge in [-0.25, -0.2) is 4.98 Å². The minimum atomic E-state index is 0. The van der Waals surface area contributed by atoms with Crippen LogP contribution >= 0.6 is 11.8 Å². The third-order valence-electron chi connectivity index (χ3n) is 1.36. The van der Waals surface area contributed by atoms with Crippen molar-refractivity contribution < 1.29 is 33.5 Å². The number of nitrogens with zero attached hydrogens (tertiary/aromatic N) is 2. The van der Waals surface area contributed by atoms with Crippen LogP contribution in [0.15, 0.2) is 12.4 Å². The molecule has 0 N–H and O–H groups in total. The summed E-state index contributed by atoms with van der Waals surface area (Å²) in [6.07, 6.45) is 3.82. The van der Waals surface area contributed by atoms with Gasteiger partial charge >= 0.3 is 21.1 Å². The Labute approximate surface area is 98.2 Å². The van der Waals surface area contributed by atoms with Crippen LogP contribution in [0, 0.1) is 0 Å². The standard InChI is InChI=1S/C7H12N2S.ClH.Pt/c1-3-10-6-7-8-4-5-9(7)2;;/h4-5H,3,6H2,1-2H3;1H;/q;;+2/p-1. The predicted molar refractivity (Wildman–Crippen MR) is 45.0 cm³/mol. The van der Waals surface area contributed by atoms with E-state index in [1.807, 2.05) is 31.2 Å². The first kappa shape index (κ1) is 15.0. The maximum atomic E-state index is 4.20. The van der Waals surface area contributed by atoms with Gasteiger partial charge in [0, 0.05) is 19.4 Å². The Balaban J connectivity index is 0. The van der Waals surface area contributed by atoms with Crippen molar-refractivity contribution in [3.63, 3.8) is 0 Å². The summed E-state index contributed by atoms with van der Waals surface area (Å²) in [6, 6.07) is 0. The van der Waals surface area contributed by atoms with E-state index in [-0.39, 0.29) is 33.5 Å². The van der Waals surface area contributed by atoms with Gasteiger partial charge in [-0.1, -0.05) is 6.92 Å². The minimum absolute atomic E-state index is 0. The van der Waals surface area contributed by atoms with Gasteiger partial charge in [-0.2, -0.15) is 11.8 Å². The monoisotopic (exact) mass is 386 g/mol. The molecule has 0 atom stereocenters. The van der Waals surface area contributed by atoms with Crippen LogP contribution < -0.4 is 12.4 Å². The molecular weight excluding hydrogens is 375 g/mol. The molecule has 2 nitrogen and oxygen atoms in total. The Bertz CT molecular complexity index is 205. The molecule has 0 radical (unpaired) electrons. The van der Waals surface area contributed by atoms with Crippen LogP contribution in [-0.4, -0.2) is 15.3 Å². The van der Waals surface area contributed by atoms with Crippen LogP contribution in [-0.2, 0) is 33.9 Å². The maximum Gasteiger partial charge on any atom is 2.00 e. The molecule has 1 aromatic rings. The fraction of sp³-hybridized carbons (Fsp3) is 0.571. The average Bonchev–Trinajstić information content (AvgIpc) is 2.31. The normalized spacial score (nSPS) is 8.50. The van der Waals surface area contributed by atoms with Gasteiger partial charge in [-0.05, 0) is 5.75 Å². The van der Waals surface area contributed by atoms with Crippen molar-refractivity contribution in [1.82, 2.24) is 9.55 Å². The quantitative estimate of drug-likeness (QED) is 0.641. The Morgan fingerprint density at radius 2 is 2.25 bits per heavy atom. The number of aromatic nitrogens is 2. The fourth-order valence-electron chi connectivity index (χ4n) is 0.729. The number of thioether (sulfide) groups is 1. The number of aryl methyl sites for hydroxylation is 1. The molecule has 0 aliphatic carbocycles. The molecule has 72 valence electrons. The minimum Gasteiger partial charge on any atom is -1.00 e. The summed E-state index contributed by atoms with van der Waals surface area (Å²) in [7, 11) is 2.03. The Hall–Kier alpha value is 0.538. The zero-order valence-electron chi connectivity index (χ0n) is 7.07. The molecule has 1 aromatic heterocycles. The van der Waals surface area contributed by atoms with Gasteiger partial charge < -0.3 is 17.0 Å². The molecular formula is C7H12ClN2PtS+. The van der Waals surface area contributed by atoms with Crippen molar-refractivity contribution in [2.75, 3.05) is 5.75 Å². The summed E-state index contributed by atoms with van der Waals surface area (Å²) in [6.45, 7) is 2.16. The molecule has 0 saturated carbocycles. The first-order chi connectivity index (χ1) is 4.84. The van der Waals surface area contributed by atoms with Gasteiger partial charge in [0.15, 0.2) is 0 Å². The van der Waals surface area contributed by atoms with Crippen molar-refractivity contribution in [3.8, 4) is 0 Å². The fourth-order valence-corrected chi connectivity index (χ4v) is 1.39. The summed E-state index contributed by atoms with van der Waals surface area (Å²) in [5, 5.41) is 0. The van der Waals surface area contributed by atoms with Crippen LogP contribution in [0.25, 0.3) is 0 Å². The van der Waals surface area contributed by atoms with Gasteiger partial charge in [0.05, 0.1) is 5.75 Å². The first-order valence-electron chi connectivity index (χ1n) is 3.38. The summed E-state index contributed by atoms with van der Waals surface area (Å²) in [4.78, 5) is 4.20. The first-order valence-corrected chi connectivity index (χ1v) is 4.54. The van der Waals surface area contributed by atoms with E-state index in [9.17, 15) is 0 Å². The molecule has 0 saturated heterocycles. The van der Waals surface area contributed by atoms with E-state index >= 15 is 0 Å². The predicted octanol–water partition coefficient (Wildman–Crippen LogP) is -1.33. The van der Waals surface area contributed by atoms with Crippen LogP contribution in [0.3, 0.4) is 0 Å². The molecule has 0 fully saturated rings. The van der Waals surface area contributed by atoms with E-state index in [2.05, 4.69) is 16.5 Å². The Morgan fingerprint density at radius 3 is 2.67 bits per heavy atom. The largest absolute Gasteiger partial charge is 2.00 e. The molecule has 0 spiro atoms. The van der Waals surface area contributed by atoms with Crippen LogP contribution in [0.1, 0.15) is 12.7 Å². The van der Waals surface area contributed by atoms with Crippen LogP contribution in [0.4, 0.5) is 0 Å². The van der Waals surface area contributed by atoms with Gasteiger partial charge in [0.25, 0.3) is 0 Å². The van der Waals surface area contributed by atoms with Crippen molar-refractivity contribution in [2.24, 2.45) is 7.05 Å². The zero-order valence-corrected chi connectivity index (χ0v) is 10.9. The average molecular weight is 387 g/mol. The number of imidazole rings is 1. The van der Waals surface area contributed by atoms with Crippen LogP contribution in [0.5, 0.6) is 0 Å². The molecule has 12 heavy (non-hydrogen) atoms. The molecule has 0 aromatic carbocycles. The van der Waals surface area contributed by atoms with Gasteiger partial charge in [0.2, 0.25) is 0 Å². The molecule has 0 unspecified atom stereocenters. The van der Waals surface area contributed by atoms with E-state index in [0.717, 1.165) is 17.3 Å². The van der Waals surface area contributed by atoms with Gasteiger partial charge in [-0.3, -0.25) is 0 Å². The van der Waals surface area contributed by atoms with Crippen molar-refractivity contribution in [1.29, 1.82) is 0 Å². The third kappa shape index (κ3) is 4.54. The second-order valence-electron chi connectivity index (χ2n) is 2.09. The Kier molecular flexibility index (Phi) is 10.2. The topological polar surface area (TPSA) is 17.8 Å². The number of halogens is 1. The van der Waals surface area contributed by atoms with E-state index < -0.39 is 0 Å². The van der Waals surface area contributed by atoms with E-state index in [0.29, 0.717) is 0 Å². The maximum absolute atomic E-state index is 4.20. The molecule has 0 bridgehead atoms. The number of hydrogen-bond acceptors (Lipinski definition) is 2. The zero-order chi connectivity index (χ0) is 7.40. The molecule has 1 heterocycles. The smallest absolute Gasteiger partial charge is 1.00 e. The second-order valence-corrected chi connectivity index (χ2v) is 3.37.